The molecule has 0 aromatic carbocycles. The van der Waals surface area contributed by atoms with Gasteiger partial charge in [-0.3, -0.25) is 0 Å². The molecule has 1 heterocycles. The van der Waals surface area contributed by atoms with Crippen molar-refractivity contribution in [2.45, 2.75) is 33.6 Å². The van der Waals surface area contributed by atoms with Crippen molar-refractivity contribution in [2.24, 2.45) is 17.1 Å². The highest BCUT2D eigenvalue weighted by molar-refractivity contribution is 7.80. The summed E-state index contributed by atoms with van der Waals surface area (Å²) in [7, 11) is 0. The van der Waals surface area contributed by atoms with Crippen LogP contribution in [-0.2, 0) is 0 Å². The van der Waals surface area contributed by atoms with Gasteiger partial charge in [-0.25, -0.2) is 0 Å². The van der Waals surface area contributed by atoms with Gasteiger partial charge in [0.05, 0.1) is 4.99 Å². The van der Waals surface area contributed by atoms with E-state index in [9.17, 15) is 0 Å². The Bertz CT molecular complexity index is 208. The lowest BCUT2D eigenvalue weighted by Crippen LogP contribution is -2.28. The lowest BCUT2D eigenvalue weighted by atomic mass is 9.80. The SMILES string of the molecule is CC(C)(C)C1CCN(CCC(N)=S)C1. The first-order valence-electron chi connectivity index (χ1n) is 5.40. The summed E-state index contributed by atoms with van der Waals surface area (Å²) < 4.78 is 0. The van der Waals surface area contributed by atoms with Crippen LogP contribution in [0.2, 0.25) is 0 Å². The third kappa shape index (κ3) is 3.54. The number of hydrogen-bond donors (Lipinski definition) is 1. The maximum atomic E-state index is 5.50. The van der Waals surface area contributed by atoms with Gasteiger partial charge in [-0.1, -0.05) is 33.0 Å². The molecule has 14 heavy (non-hydrogen) atoms. The minimum absolute atomic E-state index is 0.442. The third-order valence-corrected chi connectivity index (χ3v) is 3.38. The van der Waals surface area contributed by atoms with Crippen LogP contribution in [0, 0.1) is 11.3 Å². The predicted octanol–water partition coefficient (Wildman–Crippen LogP) is 2.03. The van der Waals surface area contributed by atoms with Crippen LogP contribution in [0.5, 0.6) is 0 Å². The molecular formula is C11H22N2S. The van der Waals surface area contributed by atoms with Gasteiger partial charge in [-0.2, -0.15) is 0 Å². The predicted molar refractivity (Wildman–Crippen MR) is 65.4 cm³/mol. The minimum Gasteiger partial charge on any atom is -0.393 e. The Morgan fingerprint density at radius 2 is 2.14 bits per heavy atom. The second kappa shape index (κ2) is 4.58. The summed E-state index contributed by atoms with van der Waals surface area (Å²) in [5.41, 5.74) is 5.94. The molecule has 1 aliphatic rings. The molecule has 0 radical (unpaired) electrons. The van der Waals surface area contributed by atoms with Gasteiger partial charge in [0.25, 0.3) is 0 Å². The van der Waals surface area contributed by atoms with Crippen molar-refractivity contribution >= 4 is 17.2 Å². The maximum Gasteiger partial charge on any atom is 0.0740 e. The van der Waals surface area contributed by atoms with E-state index >= 15 is 0 Å². The standard InChI is InChI=1S/C11H22N2S/c1-11(2,3)9-4-6-13(8-9)7-5-10(12)14/h9H,4-8H2,1-3H3,(H2,12,14). The Hall–Kier alpha value is -0.150. The van der Waals surface area contributed by atoms with Crippen molar-refractivity contribution in [3.05, 3.63) is 0 Å². The summed E-state index contributed by atoms with van der Waals surface area (Å²) in [6.07, 6.45) is 2.19. The number of nitrogens with zero attached hydrogens (tertiary/aromatic N) is 1. The average molecular weight is 214 g/mol. The van der Waals surface area contributed by atoms with E-state index in [1.54, 1.807) is 0 Å². The summed E-state index contributed by atoms with van der Waals surface area (Å²) in [5, 5.41) is 0. The van der Waals surface area contributed by atoms with Crippen molar-refractivity contribution in [2.75, 3.05) is 19.6 Å². The zero-order chi connectivity index (χ0) is 10.8. The van der Waals surface area contributed by atoms with Crippen molar-refractivity contribution in [3.63, 3.8) is 0 Å². The zero-order valence-electron chi connectivity index (χ0n) is 9.55. The Morgan fingerprint density at radius 3 is 2.57 bits per heavy atom. The van der Waals surface area contributed by atoms with E-state index in [0.717, 1.165) is 18.9 Å². The van der Waals surface area contributed by atoms with E-state index in [1.165, 1.54) is 19.5 Å². The highest BCUT2D eigenvalue weighted by Crippen LogP contribution is 2.33. The highest BCUT2D eigenvalue weighted by Gasteiger charge is 2.31. The molecule has 0 saturated carbocycles. The smallest absolute Gasteiger partial charge is 0.0740 e. The fourth-order valence-corrected chi connectivity index (χ4v) is 2.10. The Balaban J connectivity index is 2.31. The Labute approximate surface area is 92.8 Å². The number of thiocarbonyl (C=S) groups is 1. The maximum absolute atomic E-state index is 5.50. The van der Waals surface area contributed by atoms with Crippen LogP contribution in [0.4, 0.5) is 0 Å². The molecule has 0 aromatic rings. The van der Waals surface area contributed by atoms with Crippen LogP contribution in [0.1, 0.15) is 33.6 Å². The van der Waals surface area contributed by atoms with Gasteiger partial charge >= 0.3 is 0 Å². The molecule has 0 amide bonds. The van der Waals surface area contributed by atoms with E-state index in [4.69, 9.17) is 18.0 Å². The summed E-state index contributed by atoms with van der Waals surface area (Å²) in [6.45, 7) is 10.5. The first-order valence-corrected chi connectivity index (χ1v) is 5.81. The van der Waals surface area contributed by atoms with Crippen LogP contribution in [0.25, 0.3) is 0 Å². The molecule has 1 unspecified atom stereocenters. The van der Waals surface area contributed by atoms with Crippen LogP contribution < -0.4 is 5.73 Å². The van der Waals surface area contributed by atoms with Crippen LogP contribution in [0.3, 0.4) is 0 Å². The average Bonchev–Trinajstić information content (AvgIpc) is 2.47. The van der Waals surface area contributed by atoms with Gasteiger partial charge in [-0.05, 0) is 24.3 Å². The third-order valence-electron chi connectivity index (χ3n) is 3.17. The van der Waals surface area contributed by atoms with E-state index in [2.05, 4.69) is 25.7 Å². The Morgan fingerprint density at radius 1 is 1.50 bits per heavy atom. The fourth-order valence-electron chi connectivity index (χ4n) is 2.01. The van der Waals surface area contributed by atoms with E-state index in [1.807, 2.05) is 0 Å². The molecule has 0 bridgehead atoms. The van der Waals surface area contributed by atoms with Gasteiger partial charge in [0, 0.05) is 19.5 Å². The van der Waals surface area contributed by atoms with E-state index < -0.39 is 0 Å². The molecule has 0 spiro atoms. The first kappa shape index (κ1) is 11.9. The fraction of sp³-hybridized carbons (Fsp3) is 0.909. The van der Waals surface area contributed by atoms with Gasteiger partial charge in [0.15, 0.2) is 0 Å². The van der Waals surface area contributed by atoms with Crippen LogP contribution >= 0.6 is 12.2 Å². The number of hydrogen-bond acceptors (Lipinski definition) is 2. The largest absolute Gasteiger partial charge is 0.393 e. The molecule has 1 aliphatic heterocycles. The van der Waals surface area contributed by atoms with Crippen molar-refractivity contribution in [1.82, 2.24) is 4.90 Å². The van der Waals surface area contributed by atoms with Gasteiger partial charge < -0.3 is 10.6 Å². The van der Waals surface area contributed by atoms with Gasteiger partial charge in [-0.15, -0.1) is 0 Å². The molecule has 0 aliphatic carbocycles. The number of nitrogens with two attached hydrogens (primary N) is 1. The highest BCUT2D eigenvalue weighted by atomic mass is 32.1. The molecular weight excluding hydrogens is 192 g/mol. The monoisotopic (exact) mass is 214 g/mol. The van der Waals surface area contributed by atoms with Crippen molar-refractivity contribution in [3.8, 4) is 0 Å². The summed E-state index contributed by atoms with van der Waals surface area (Å²) in [4.78, 5) is 3.12. The summed E-state index contributed by atoms with van der Waals surface area (Å²) in [6, 6.07) is 0. The van der Waals surface area contributed by atoms with Crippen LogP contribution in [0.15, 0.2) is 0 Å². The molecule has 1 atom stereocenters. The number of likely N-dealkylation sites (tertiary alicyclic amines) is 1. The molecule has 1 saturated heterocycles. The lowest BCUT2D eigenvalue weighted by Gasteiger charge is -2.27. The molecule has 2 nitrogen and oxygen atoms in total. The van der Waals surface area contributed by atoms with E-state index in [0.29, 0.717) is 10.4 Å². The Kier molecular flexibility index (Phi) is 3.90. The summed E-state index contributed by atoms with van der Waals surface area (Å²) >= 11 is 4.88. The second-order valence-corrected chi connectivity index (χ2v) is 5.89. The topological polar surface area (TPSA) is 29.3 Å². The van der Waals surface area contributed by atoms with Gasteiger partial charge in [0.2, 0.25) is 0 Å². The van der Waals surface area contributed by atoms with E-state index in [-0.39, 0.29) is 0 Å². The second-order valence-electron chi connectivity index (χ2n) is 5.37. The lowest BCUT2D eigenvalue weighted by molar-refractivity contribution is 0.231. The van der Waals surface area contributed by atoms with Crippen molar-refractivity contribution in [1.29, 1.82) is 0 Å². The molecule has 1 rings (SSSR count). The molecule has 82 valence electrons. The molecule has 3 heteroatoms. The molecule has 0 aromatic heterocycles. The minimum atomic E-state index is 0.442. The van der Waals surface area contributed by atoms with Gasteiger partial charge in [0.1, 0.15) is 0 Å². The van der Waals surface area contributed by atoms with Crippen molar-refractivity contribution < 1.29 is 0 Å². The molecule has 1 fully saturated rings. The quantitative estimate of drug-likeness (QED) is 0.729. The van der Waals surface area contributed by atoms with Crippen LogP contribution in [-0.4, -0.2) is 29.5 Å². The first-order chi connectivity index (χ1) is 6.39. The molecule has 2 N–H and O–H groups in total. The summed E-state index contributed by atoms with van der Waals surface area (Å²) in [5.74, 6) is 0.828. The zero-order valence-corrected chi connectivity index (χ0v) is 10.4. The normalized spacial score (nSPS) is 24.1. The number of rotatable bonds is 3.